The molecule has 2 aromatic rings. The van der Waals surface area contributed by atoms with Gasteiger partial charge in [-0.3, -0.25) is 4.79 Å². The lowest BCUT2D eigenvalue weighted by molar-refractivity contribution is -0.141. The van der Waals surface area contributed by atoms with Gasteiger partial charge in [0.2, 0.25) is 0 Å². The Morgan fingerprint density at radius 1 is 1.16 bits per heavy atom. The number of rotatable bonds is 5. The highest BCUT2D eigenvalue weighted by Crippen LogP contribution is 2.29. The first-order valence-corrected chi connectivity index (χ1v) is 8.37. The van der Waals surface area contributed by atoms with Crippen LogP contribution in [0.1, 0.15) is 37.0 Å². The van der Waals surface area contributed by atoms with Crippen LogP contribution >= 0.6 is 0 Å². The zero-order valence-electron chi connectivity index (χ0n) is 14.4. The topological polar surface area (TPSA) is 35.5 Å². The average Bonchev–Trinajstić information content (AvgIpc) is 3.07. The van der Waals surface area contributed by atoms with Crippen molar-refractivity contribution < 1.29 is 18.7 Å². The second-order valence-corrected chi connectivity index (χ2v) is 5.64. The molecule has 4 heteroatoms. The standard InChI is InChI=1S/C11H14O.C10H9FO2/c1-2-3-9-12-10-11-7-5-4-6-8-11;11-8-3-1-7(2-4-8)9-5-6-10(12)13-9/h2-8H,9-10H2,1H3;1-4,9H,5-6H2/b3-2-;. The number of hydrogen-bond acceptors (Lipinski definition) is 3. The molecule has 1 atom stereocenters. The van der Waals surface area contributed by atoms with Crippen LogP contribution in [0.25, 0.3) is 0 Å². The van der Waals surface area contributed by atoms with Crippen molar-refractivity contribution in [3.8, 4) is 0 Å². The molecule has 0 radical (unpaired) electrons. The molecule has 1 heterocycles. The smallest absolute Gasteiger partial charge is 0.306 e. The normalized spacial score (nSPS) is 16.4. The minimum Gasteiger partial charge on any atom is -0.457 e. The highest BCUT2D eigenvalue weighted by molar-refractivity contribution is 5.71. The summed E-state index contributed by atoms with van der Waals surface area (Å²) in [6.07, 6.45) is 4.98. The second-order valence-electron chi connectivity index (χ2n) is 5.64. The van der Waals surface area contributed by atoms with E-state index in [-0.39, 0.29) is 17.9 Å². The van der Waals surface area contributed by atoms with Gasteiger partial charge in [-0.25, -0.2) is 4.39 Å². The number of halogens is 1. The van der Waals surface area contributed by atoms with Gasteiger partial charge in [0.05, 0.1) is 13.2 Å². The molecule has 3 nitrogen and oxygen atoms in total. The van der Waals surface area contributed by atoms with Crippen molar-refractivity contribution in [2.75, 3.05) is 6.61 Å². The highest BCUT2D eigenvalue weighted by Gasteiger charge is 2.24. The van der Waals surface area contributed by atoms with Crippen molar-refractivity contribution in [1.29, 1.82) is 0 Å². The van der Waals surface area contributed by atoms with Crippen molar-refractivity contribution in [2.45, 2.75) is 32.5 Å². The second kappa shape index (κ2) is 10.4. The molecule has 0 bridgehead atoms. The monoisotopic (exact) mass is 342 g/mol. The fourth-order valence-electron chi connectivity index (χ4n) is 2.35. The summed E-state index contributed by atoms with van der Waals surface area (Å²) in [4.78, 5) is 10.8. The Balaban J connectivity index is 0.000000181. The van der Waals surface area contributed by atoms with E-state index >= 15 is 0 Å². The van der Waals surface area contributed by atoms with Gasteiger partial charge < -0.3 is 9.47 Å². The zero-order chi connectivity index (χ0) is 17.9. The van der Waals surface area contributed by atoms with Crippen molar-refractivity contribution >= 4 is 5.97 Å². The number of cyclic esters (lactones) is 1. The first kappa shape index (κ1) is 18.9. The molecule has 0 saturated carbocycles. The molecule has 1 aliphatic rings. The summed E-state index contributed by atoms with van der Waals surface area (Å²) in [7, 11) is 0. The molecule has 0 spiro atoms. The van der Waals surface area contributed by atoms with Gasteiger partial charge in [0.25, 0.3) is 0 Å². The Morgan fingerprint density at radius 2 is 1.88 bits per heavy atom. The molecule has 0 amide bonds. The van der Waals surface area contributed by atoms with E-state index in [2.05, 4.69) is 12.1 Å². The predicted octanol–water partition coefficient (Wildman–Crippen LogP) is 4.98. The summed E-state index contributed by atoms with van der Waals surface area (Å²) in [5.41, 5.74) is 2.09. The Labute approximate surface area is 148 Å². The number of carbonyl (C=O) groups excluding carboxylic acids is 1. The van der Waals surface area contributed by atoms with Crippen molar-refractivity contribution in [3.05, 3.63) is 83.7 Å². The third-order valence-corrected chi connectivity index (χ3v) is 3.69. The maximum atomic E-state index is 12.5. The van der Waals surface area contributed by atoms with Crippen LogP contribution in [0, 0.1) is 5.82 Å². The number of carbonyl (C=O) groups is 1. The van der Waals surface area contributed by atoms with E-state index in [0.717, 1.165) is 5.56 Å². The number of ether oxygens (including phenoxy) is 2. The largest absolute Gasteiger partial charge is 0.457 e. The summed E-state index contributed by atoms with van der Waals surface area (Å²) in [6.45, 7) is 3.39. The minimum atomic E-state index is -0.270. The van der Waals surface area contributed by atoms with Crippen LogP contribution in [0.5, 0.6) is 0 Å². The Hall–Kier alpha value is -2.46. The van der Waals surface area contributed by atoms with Crippen LogP contribution in [0.4, 0.5) is 4.39 Å². The summed E-state index contributed by atoms with van der Waals surface area (Å²) in [6, 6.07) is 16.2. The van der Waals surface area contributed by atoms with Gasteiger partial charge in [-0.2, -0.15) is 0 Å². The van der Waals surface area contributed by atoms with Crippen LogP contribution in [-0.4, -0.2) is 12.6 Å². The number of esters is 1. The van der Waals surface area contributed by atoms with E-state index in [1.165, 1.54) is 17.7 Å². The number of hydrogen-bond donors (Lipinski definition) is 0. The number of allylic oxidation sites excluding steroid dienone is 1. The molecule has 1 fully saturated rings. The first-order chi connectivity index (χ1) is 12.2. The lowest BCUT2D eigenvalue weighted by Crippen LogP contribution is -1.98. The molecule has 1 unspecified atom stereocenters. The van der Waals surface area contributed by atoms with Gasteiger partial charge in [0.1, 0.15) is 11.9 Å². The maximum absolute atomic E-state index is 12.5. The van der Waals surface area contributed by atoms with Gasteiger partial charge in [-0.1, -0.05) is 54.6 Å². The highest BCUT2D eigenvalue weighted by atomic mass is 19.1. The SMILES string of the molecule is C/C=C\COCc1ccccc1.O=C1CCC(c2ccc(F)cc2)O1. The quantitative estimate of drug-likeness (QED) is 0.436. The predicted molar refractivity (Wildman–Crippen MR) is 95.4 cm³/mol. The van der Waals surface area contributed by atoms with Gasteiger partial charge >= 0.3 is 5.97 Å². The van der Waals surface area contributed by atoms with Crippen LogP contribution in [0.2, 0.25) is 0 Å². The molecule has 25 heavy (non-hydrogen) atoms. The van der Waals surface area contributed by atoms with E-state index in [1.807, 2.05) is 37.3 Å². The van der Waals surface area contributed by atoms with E-state index < -0.39 is 0 Å². The van der Waals surface area contributed by atoms with Gasteiger partial charge in [0, 0.05) is 6.42 Å². The maximum Gasteiger partial charge on any atom is 0.306 e. The lowest BCUT2D eigenvalue weighted by Gasteiger charge is -2.08. The van der Waals surface area contributed by atoms with Crippen LogP contribution in [0.15, 0.2) is 66.7 Å². The zero-order valence-corrected chi connectivity index (χ0v) is 14.4. The first-order valence-electron chi connectivity index (χ1n) is 8.37. The van der Waals surface area contributed by atoms with Crippen LogP contribution < -0.4 is 0 Å². The van der Waals surface area contributed by atoms with Crippen LogP contribution in [-0.2, 0) is 20.9 Å². The molecule has 0 aliphatic carbocycles. The van der Waals surface area contributed by atoms with Crippen molar-refractivity contribution in [1.82, 2.24) is 0 Å². The number of benzene rings is 2. The summed E-state index contributed by atoms with van der Waals surface area (Å²) < 4.78 is 22.9. The Kier molecular flexibility index (Phi) is 7.86. The fourth-order valence-corrected chi connectivity index (χ4v) is 2.35. The van der Waals surface area contributed by atoms with Crippen molar-refractivity contribution in [2.24, 2.45) is 0 Å². The van der Waals surface area contributed by atoms with E-state index in [4.69, 9.17) is 9.47 Å². The van der Waals surface area contributed by atoms with E-state index in [9.17, 15) is 9.18 Å². The molecular formula is C21H23FO3. The van der Waals surface area contributed by atoms with Gasteiger partial charge in [-0.05, 0) is 36.6 Å². The third kappa shape index (κ3) is 6.89. The Bertz CT molecular complexity index is 665. The molecule has 2 aromatic carbocycles. The van der Waals surface area contributed by atoms with Gasteiger partial charge in [0.15, 0.2) is 0 Å². The molecule has 1 aliphatic heterocycles. The molecule has 132 valence electrons. The van der Waals surface area contributed by atoms with Crippen molar-refractivity contribution in [3.63, 3.8) is 0 Å². The minimum absolute atomic E-state index is 0.172. The molecule has 1 saturated heterocycles. The third-order valence-electron chi connectivity index (χ3n) is 3.69. The molecule has 0 N–H and O–H groups in total. The molecular weight excluding hydrogens is 319 g/mol. The summed E-state index contributed by atoms with van der Waals surface area (Å²) in [5.74, 6) is -0.442. The molecule has 0 aromatic heterocycles. The lowest BCUT2D eigenvalue weighted by atomic mass is 10.1. The average molecular weight is 342 g/mol. The molecule has 3 rings (SSSR count). The van der Waals surface area contributed by atoms with Gasteiger partial charge in [-0.15, -0.1) is 0 Å². The summed E-state index contributed by atoms with van der Waals surface area (Å²) in [5, 5.41) is 0. The summed E-state index contributed by atoms with van der Waals surface area (Å²) >= 11 is 0. The van der Waals surface area contributed by atoms with E-state index in [1.54, 1.807) is 12.1 Å². The fraction of sp³-hybridized carbons (Fsp3) is 0.286. The Morgan fingerprint density at radius 3 is 2.48 bits per heavy atom. The van der Waals surface area contributed by atoms with Crippen LogP contribution in [0.3, 0.4) is 0 Å². The van der Waals surface area contributed by atoms with E-state index in [0.29, 0.717) is 26.1 Å².